The van der Waals surface area contributed by atoms with Crippen molar-refractivity contribution in [3.63, 3.8) is 0 Å². The molecule has 1 aromatic carbocycles. The van der Waals surface area contributed by atoms with Gasteiger partial charge in [0.15, 0.2) is 0 Å². The topological polar surface area (TPSA) is 67.2 Å². The lowest BCUT2D eigenvalue weighted by atomic mass is 9.96. The second kappa shape index (κ2) is 7.94. The van der Waals surface area contributed by atoms with Crippen molar-refractivity contribution in [3.8, 4) is 0 Å². The zero-order valence-corrected chi connectivity index (χ0v) is 16.6. The monoisotopic (exact) mass is 368 g/mol. The molecule has 2 heterocycles. The minimum atomic E-state index is -0.135. The number of carbonyl (C=O) groups excluding carboxylic acids is 1. The molecule has 2 aromatic rings. The quantitative estimate of drug-likeness (QED) is 0.899. The van der Waals surface area contributed by atoms with Crippen molar-refractivity contribution in [2.75, 3.05) is 18.0 Å². The summed E-state index contributed by atoms with van der Waals surface area (Å²) in [4.78, 5) is 26.7. The van der Waals surface area contributed by atoms with Crippen LogP contribution < -0.4 is 15.8 Å². The predicted octanol–water partition coefficient (Wildman–Crippen LogP) is 2.24. The maximum absolute atomic E-state index is 12.7. The number of hydrogen-bond donors (Lipinski definition) is 1. The van der Waals surface area contributed by atoms with Crippen LogP contribution in [-0.4, -0.2) is 28.8 Å². The smallest absolute Gasteiger partial charge is 0.268 e. The SMILES string of the molecule is Cc1cc(C)c(CNC(=O)C2CCCN(c3cnn(C)c(=O)c3)C2)c(C)c1. The molecule has 144 valence electrons. The molecule has 0 bridgehead atoms. The van der Waals surface area contributed by atoms with Gasteiger partial charge in [-0.3, -0.25) is 9.59 Å². The van der Waals surface area contributed by atoms with E-state index in [4.69, 9.17) is 0 Å². The molecule has 1 atom stereocenters. The molecule has 3 rings (SSSR count). The molecule has 0 aliphatic carbocycles. The van der Waals surface area contributed by atoms with E-state index in [1.54, 1.807) is 19.3 Å². The molecule has 1 aliphatic heterocycles. The molecule has 6 heteroatoms. The lowest BCUT2D eigenvalue weighted by Crippen LogP contribution is -2.43. The zero-order valence-electron chi connectivity index (χ0n) is 16.6. The van der Waals surface area contributed by atoms with Gasteiger partial charge >= 0.3 is 0 Å². The van der Waals surface area contributed by atoms with Crippen LogP contribution in [0, 0.1) is 26.7 Å². The lowest BCUT2D eigenvalue weighted by molar-refractivity contribution is -0.125. The van der Waals surface area contributed by atoms with Gasteiger partial charge in [0, 0.05) is 32.7 Å². The molecule has 1 aliphatic rings. The minimum Gasteiger partial charge on any atom is -0.369 e. The fourth-order valence-electron chi connectivity index (χ4n) is 3.87. The highest BCUT2D eigenvalue weighted by atomic mass is 16.2. The molecule has 6 nitrogen and oxygen atoms in total. The highest BCUT2D eigenvalue weighted by Crippen LogP contribution is 2.22. The van der Waals surface area contributed by atoms with Crippen molar-refractivity contribution in [2.24, 2.45) is 13.0 Å². The summed E-state index contributed by atoms with van der Waals surface area (Å²) in [5.74, 6) is 0.00439. The van der Waals surface area contributed by atoms with Crippen LogP contribution in [0.2, 0.25) is 0 Å². The Hall–Kier alpha value is -2.63. The van der Waals surface area contributed by atoms with Gasteiger partial charge < -0.3 is 10.2 Å². The van der Waals surface area contributed by atoms with Gasteiger partial charge in [-0.2, -0.15) is 5.10 Å². The van der Waals surface area contributed by atoms with E-state index in [-0.39, 0.29) is 17.4 Å². The molecule has 0 radical (unpaired) electrons. The first-order chi connectivity index (χ1) is 12.8. The van der Waals surface area contributed by atoms with E-state index in [1.807, 2.05) is 0 Å². The predicted molar refractivity (Wildman–Crippen MR) is 107 cm³/mol. The molecule has 1 saturated heterocycles. The first-order valence-corrected chi connectivity index (χ1v) is 9.48. The number of anilines is 1. The molecular weight excluding hydrogens is 340 g/mol. The number of nitrogens with zero attached hydrogens (tertiary/aromatic N) is 3. The maximum Gasteiger partial charge on any atom is 0.268 e. The Morgan fingerprint density at radius 2 is 1.93 bits per heavy atom. The Kier molecular flexibility index (Phi) is 5.63. The zero-order chi connectivity index (χ0) is 19.6. The Bertz CT molecular complexity index is 880. The summed E-state index contributed by atoms with van der Waals surface area (Å²) in [5, 5.41) is 7.20. The van der Waals surface area contributed by atoms with E-state index in [9.17, 15) is 9.59 Å². The van der Waals surface area contributed by atoms with Gasteiger partial charge in [-0.05, 0) is 50.3 Å². The molecule has 27 heavy (non-hydrogen) atoms. The molecule has 1 aromatic heterocycles. The van der Waals surface area contributed by atoms with Crippen LogP contribution in [0.4, 0.5) is 5.69 Å². The number of rotatable bonds is 4. The lowest BCUT2D eigenvalue weighted by Gasteiger charge is -2.33. The third kappa shape index (κ3) is 4.38. The Morgan fingerprint density at radius 3 is 2.59 bits per heavy atom. The maximum atomic E-state index is 12.7. The van der Waals surface area contributed by atoms with E-state index in [2.05, 4.69) is 48.2 Å². The first kappa shape index (κ1) is 19.1. The van der Waals surface area contributed by atoms with Crippen LogP contribution in [0.25, 0.3) is 0 Å². The van der Waals surface area contributed by atoms with E-state index < -0.39 is 0 Å². The standard InChI is InChI=1S/C21H28N4O2/c1-14-8-15(2)19(16(3)9-14)12-22-21(27)17-6-5-7-25(13-17)18-10-20(26)24(4)23-11-18/h8-11,17H,5-7,12-13H2,1-4H3,(H,22,27). The van der Waals surface area contributed by atoms with Gasteiger partial charge in [-0.25, -0.2) is 4.68 Å². The summed E-state index contributed by atoms with van der Waals surface area (Å²) in [6.45, 7) is 8.28. The number of aromatic nitrogens is 2. The Balaban J connectivity index is 1.65. The number of piperidine rings is 1. The molecule has 0 spiro atoms. The molecule has 1 unspecified atom stereocenters. The molecular formula is C21H28N4O2. The number of carbonyl (C=O) groups is 1. The van der Waals surface area contributed by atoms with E-state index in [0.717, 1.165) is 25.1 Å². The van der Waals surface area contributed by atoms with Crippen LogP contribution in [-0.2, 0) is 18.4 Å². The van der Waals surface area contributed by atoms with E-state index in [1.165, 1.54) is 26.9 Å². The molecule has 1 fully saturated rings. The normalized spacial score (nSPS) is 17.0. The van der Waals surface area contributed by atoms with Gasteiger partial charge in [-0.15, -0.1) is 0 Å². The summed E-state index contributed by atoms with van der Waals surface area (Å²) in [7, 11) is 1.63. The highest BCUT2D eigenvalue weighted by molar-refractivity contribution is 5.79. The summed E-state index contributed by atoms with van der Waals surface area (Å²) in [6, 6.07) is 5.89. The van der Waals surface area contributed by atoms with Crippen LogP contribution in [0.1, 0.15) is 35.1 Å². The third-order valence-corrected chi connectivity index (χ3v) is 5.39. The number of benzene rings is 1. The molecule has 1 amide bonds. The number of aryl methyl sites for hydroxylation is 4. The highest BCUT2D eigenvalue weighted by Gasteiger charge is 2.26. The van der Waals surface area contributed by atoms with Crippen LogP contribution >= 0.6 is 0 Å². The van der Waals surface area contributed by atoms with E-state index >= 15 is 0 Å². The molecule has 0 saturated carbocycles. The van der Waals surface area contributed by atoms with Crippen LogP contribution in [0.15, 0.2) is 29.2 Å². The van der Waals surface area contributed by atoms with Gasteiger partial charge in [0.1, 0.15) is 0 Å². The summed E-state index contributed by atoms with van der Waals surface area (Å²) >= 11 is 0. The Labute approximate surface area is 160 Å². The van der Waals surface area contributed by atoms with E-state index in [0.29, 0.717) is 13.1 Å². The van der Waals surface area contributed by atoms with Gasteiger partial charge in [0.05, 0.1) is 17.8 Å². The van der Waals surface area contributed by atoms with Crippen LogP contribution in [0.3, 0.4) is 0 Å². The summed E-state index contributed by atoms with van der Waals surface area (Å²) in [5.41, 5.74) is 5.52. The summed E-state index contributed by atoms with van der Waals surface area (Å²) in [6.07, 6.45) is 3.49. The van der Waals surface area contributed by atoms with Crippen LogP contribution in [0.5, 0.6) is 0 Å². The van der Waals surface area contributed by atoms with Gasteiger partial charge in [0.2, 0.25) is 5.91 Å². The number of nitrogens with one attached hydrogen (secondary N) is 1. The average Bonchev–Trinajstić information content (AvgIpc) is 2.63. The summed E-state index contributed by atoms with van der Waals surface area (Å²) < 4.78 is 1.31. The second-order valence-corrected chi connectivity index (χ2v) is 7.56. The number of amides is 1. The Morgan fingerprint density at radius 1 is 1.22 bits per heavy atom. The fraction of sp³-hybridized carbons (Fsp3) is 0.476. The van der Waals surface area contributed by atoms with Crippen molar-refractivity contribution in [1.29, 1.82) is 0 Å². The van der Waals surface area contributed by atoms with Crippen molar-refractivity contribution >= 4 is 11.6 Å². The van der Waals surface area contributed by atoms with Crippen molar-refractivity contribution < 1.29 is 4.79 Å². The minimum absolute atomic E-state index is 0.0751. The first-order valence-electron chi connectivity index (χ1n) is 9.48. The fourth-order valence-corrected chi connectivity index (χ4v) is 3.87. The molecule has 1 N–H and O–H groups in total. The average molecular weight is 368 g/mol. The van der Waals surface area contributed by atoms with Crippen molar-refractivity contribution in [2.45, 2.75) is 40.2 Å². The second-order valence-electron chi connectivity index (χ2n) is 7.56. The van der Waals surface area contributed by atoms with Crippen molar-refractivity contribution in [3.05, 3.63) is 57.0 Å². The van der Waals surface area contributed by atoms with Gasteiger partial charge in [0.25, 0.3) is 5.56 Å². The number of hydrogen-bond acceptors (Lipinski definition) is 4. The van der Waals surface area contributed by atoms with Gasteiger partial charge in [-0.1, -0.05) is 17.7 Å². The van der Waals surface area contributed by atoms with Crippen molar-refractivity contribution in [1.82, 2.24) is 15.1 Å². The largest absolute Gasteiger partial charge is 0.369 e. The third-order valence-electron chi connectivity index (χ3n) is 5.39.